The summed E-state index contributed by atoms with van der Waals surface area (Å²) in [6.07, 6.45) is 5.99. The fourth-order valence-electron chi connectivity index (χ4n) is 1.27. The monoisotopic (exact) mass is 180 g/mol. The molecule has 1 aliphatic rings. The second kappa shape index (κ2) is 4.84. The molecule has 1 fully saturated rings. The number of rotatable bonds is 4. The number of aliphatic hydroxyl groups excluding tert-OH is 1. The molecule has 1 saturated heterocycles. The highest BCUT2D eigenvalue weighted by Crippen LogP contribution is 2.06. The van der Waals surface area contributed by atoms with Gasteiger partial charge in [0.05, 0.1) is 6.10 Å². The van der Waals surface area contributed by atoms with Gasteiger partial charge in [0.1, 0.15) is 0 Å². The molecule has 3 nitrogen and oxygen atoms in total. The van der Waals surface area contributed by atoms with Crippen molar-refractivity contribution in [1.82, 2.24) is 10.4 Å². The first-order valence-electron chi connectivity index (χ1n) is 4.40. The molecular formula is C10H16N2O. The van der Waals surface area contributed by atoms with Crippen LogP contribution in [0.1, 0.15) is 6.42 Å². The van der Waals surface area contributed by atoms with Crippen LogP contribution >= 0.6 is 0 Å². The van der Waals surface area contributed by atoms with Gasteiger partial charge in [0.15, 0.2) is 0 Å². The maximum atomic E-state index is 9.24. The molecule has 13 heavy (non-hydrogen) atoms. The fraction of sp³-hybridized carbons (Fsp3) is 0.400. The summed E-state index contributed by atoms with van der Waals surface area (Å²) < 4.78 is 0. The molecule has 72 valence electrons. The second-order valence-electron chi connectivity index (χ2n) is 3.12. The quantitative estimate of drug-likeness (QED) is 0.629. The molecule has 2 N–H and O–H groups in total. The average molecular weight is 180 g/mol. The van der Waals surface area contributed by atoms with Gasteiger partial charge in [-0.25, -0.2) is 5.01 Å². The van der Waals surface area contributed by atoms with Crippen molar-refractivity contribution in [2.24, 2.45) is 0 Å². The van der Waals surface area contributed by atoms with Crippen LogP contribution in [0, 0.1) is 0 Å². The number of β-amino-alcohol motifs (C(OH)–C–C–N with tert-alkyl or cyclic N) is 1. The van der Waals surface area contributed by atoms with Crippen molar-refractivity contribution in [3.63, 3.8) is 0 Å². The van der Waals surface area contributed by atoms with Crippen LogP contribution < -0.4 is 5.43 Å². The number of nitrogens with one attached hydrogen (secondary N) is 1. The summed E-state index contributed by atoms with van der Waals surface area (Å²) in [6, 6.07) is 0. The Bertz CT molecular complexity index is 223. The van der Waals surface area contributed by atoms with Crippen molar-refractivity contribution in [2.45, 2.75) is 12.5 Å². The van der Waals surface area contributed by atoms with Gasteiger partial charge in [-0.3, -0.25) is 0 Å². The van der Waals surface area contributed by atoms with Crippen molar-refractivity contribution in [1.29, 1.82) is 0 Å². The van der Waals surface area contributed by atoms with Gasteiger partial charge in [-0.2, -0.15) is 0 Å². The zero-order valence-electron chi connectivity index (χ0n) is 7.74. The maximum absolute atomic E-state index is 9.24. The zero-order chi connectivity index (χ0) is 9.68. The number of aliphatic hydroxyl groups is 1. The highest BCUT2D eigenvalue weighted by molar-refractivity contribution is 5.15. The highest BCUT2D eigenvalue weighted by atomic mass is 16.3. The van der Waals surface area contributed by atoms with E-state index >= 15 is 0 Å². The molecule has 0 radical (unpaired) electrons. The lowest BCUT2D eigenvalue weighted by Crippen LogP contribution is -2.35. The van der Waals surface area contributed by atoms with Gasteiger partial charge in [-0.15, -0.1) is 0 Å². The standard InChI is InChI=1S/C10H16N2O/c1-3-4-5-9(2)11-12-7-6-10(13)8-12/h3-5,10-11,13H,1-2,6-8H2/b5-4-/t10-/m1/s1. The van der Waals surface area contributed by atoms with E-state index in [1.165, 1.54) is 0 Å². The minimum atomic E-state index is -0.205. The third kappa shape index (κ3) is 3.44. The Balaban J connectivity index is 2.28. The Morgan fingerprint density at radius 3 is 2.92 bits per heavy atom. The van der Waals surface area contributed by atoms with E-state index in [9.17, 15) is 5.11 Å². The summed E-state index contributed by atoms with van der Waals surface area (Å²) in [5, 5.41) is 11.2. The lowest BCUT2D eigenvalue weighted by Gasteiger charge is -2.17. The van der Waals surface area contributed by atoms with Gasteiger partial charge in [-0.05, 0) is 12.5 Å². The summed E-state index contributed by atoms with van der Waals surface area (Å²) in [7, 11) is 0. The minimum Gasteiger partial charge on any atom is -0.392 e. The van der Waals surface area contributed by atoms with Crippen LogP contribution in [0.15, 0.2) is 37.1 Å². The van der Waals surface area contributed by atoms with Crippen LogP contribution in [0.5, 0.6) is 0 Å². The van der Waals surface area contributed by atoms with Gasteiger partial charge in [0.25, 0.3) is 0 Å². The summed E-state index contributed by atoms with van der Waals surface area (Å²) in [4.78, 5) is 0. The lowest BCUT2D eigenvalue weighted by atomic mass is 10.3. The van der Waals surface area contributed by atoms with E-state index in [0.717, 1.165) is 18.7 Å². The van der Waals surface area contributed by atoms with Gasteiger partial charge >= 0.3 is 0 Å². The van der Waals surface area contributed by atoms with Gasteiger partial charge < -0.3 is 10.5 Å². The van der Waals surface area contributed by atoms with E-state index in [4.69, 9.17) is 0 Å². The van der Waals surface area contributed by atoms with Crippen molar-refractivity contribution in [3.8, 4) is 0 Å². The van der Waals surface area contributed by atoms with Crippen molar-refractivity contribution < 1.29 is 5.11 Å². The normalized spacial score (nSPS) is 23.6. The third-order valence-electron chi connectivity index (χ3n) is 1.90. The average Bonchev–Trinajstić information content (AvgIpc) is 2.48. The van der Waals surface area contributed by atoms with E-state index < -0.39 is 0 Å². The van der Waals surface area contributed by atoms with E-state index in [0.29, 0.717) is 6.54 Å². The SMILES string of the molecule is C=C/C=C\C(=C)NN1CC[C@@H](O)C1. The minimum absolute atomic E-state index is 0.205. The maximum Gasteiger partial charge on any atom is 0.0698 e. The number of hydrogen-bond donors (Lipinski definition) is 2. The first kappa shape index (κ1) is 10.0. The molecule has 0 aromatic carbocycles. The molecule has 3 heteroatoms. The molecule has 0 aliphatic carbocycles. The Morgan fingerprint density at radius 2 is 2.38 bits per heavy atom. The Labute approximate surface area is 79.0 Å². The van der Waals surface area contributed by atoms with Crippen molar-refractivity contribution >= 4 is 0 Å². The first-order valence-corrected chi connectivity index (χ1v) is 4.40. The molecule has 1 aliphatic heterocycles. The van der Waals surface area contributed by atoms with Gasteiger partial charge in [-0.1, -0.05) is 25.3 Å². The van der Waals surface area contributed by atoms with Crippen LogP contribution in [0.3, 0.4) is 0 Å². The van der Waals surface area contributed by atoms with Crippen LogP contribution in [-0.2, 0) is 0 Å². The Kier molecular flexibility index (Phi) is 3.73. The second-order valence-corrected chi connectivity index (χ2v) is 3.12. The van der Waals surface area contributed by atoms with Crippen molar-refractivity contribution in [3.05, 3.63) is 37.1 Å². The van der Waals surface area contributed by atoms with E-state index in [2.05, 4.69) is 18.6 Å². The van der Waals surface area contributed by atoms with Crippen molar-refractivity contribution in [2.75, 3.05) is 13.1 Å². The summed E-state index contributed by atoms with van der Waals surface area (Å²) >= 11 is 0. The fourth-order valence-corrected chi connectivity index (χ4v) is 1.27. The molecule has 1 atom stereocenters. The summed E-state index contributed by atoms with van der Waals surface area (Å²) in [5.74, 6) is 0. The molecule has 1 heterocycles. The molecule has 0 spiro atoms. The largest absolute Gasteiger partial charge is 0.392 e. The molecule has 0 amide bonds. The molecular weight excluding hydrogens is 164 g/mol. The smallest absolute Gasteiger partial charge is 0.0698 e. The van der Waals surface area contributed by atoms with Gasteiger partial charge in [0, 0.05) is 18.8 Å². The predicted octanol–water partition coefficient (Wildman–Crippen LogP) is 0.813. The number of hydrazine groups is 1. The third-order valence-corrected chi connectivity index (χ3v) is 1.90. The molecule has 0 unspecified atom stereocenters. The van der Waals surface area contributed by atoms with Crippen LogP contribution in [-0.4, -0.2) is 29.3 Å². The number of nitrogens with zero attached hydrogens (tertiary/aromatic N) is 1. The summed E-state index contributed by atoms with van der Waals surface area (Å²) in [6.45, 7) is 8.91. The molecule has 0 aromatic heterocycles. The molecule has 0 aromatic rings. The topological polar surface area (TPSA) is 35.5 Å². The van der Waals surface area contributed by atoms with Crippen LogP contribution in [0.25, 0.3) is 0 Å². The molecule has 0 bridgehead atoms. The van der Waals surface area contributed by atoms with E-state index in [1.54, 1.807) is 6.08 Å². The summed E-state index contributed by atoms with van der Waals surface area (Å²) in [5.41, 5.74) is 3.90. The number of allylic oxidation sites excluding steroid dienone is 3. The van der Waals surface area contributed by atoms with E-state index in [1.807, 2.05) is 17.2 Å². The van der Waals surface area contributed by atoms with Crippen LogP contribution in [0.4, 0.5) is 0 Å². The Hall–Kier alpha value is -1.06. The van der Waals surface area contributed by atoms with E-state index in [-0.39, 0.29) is 6.10 Å². The first-order chi connectivity index (χ1) is 6.22. The zero-order valence-corrected chi connectivity index (χ0v) is 7.74. The van der Waals surface area contributed by atoms with Gasteiger partial charge in [0.2, 0.25) is 0 Å². The van der Waals surface area contributed by atoms with Crippen LogP contribution in [0.2, 0.25) is 0 Å². The Morgan fingerprint density at radius 1 is 1.62 bits per heavy atom. The molecule has 1 rings (SSSR count). The number of hydrogen-bond acceptors (Lipinski definition) is 3. The lowest BCUT2D eigenvalue weighted by molar-refractivity contribution is 0.164. The predicted molar refractivity (Wildman–Crippen MR) is 53.8 cm³/mol. The molecule has 0 saturated carbocycles. The highest BCUT2D eigenvalue weighted by Gasteiger charge is 2.19.